The molecule has 6 atom stereocenters. The lowest BCUT2D eigenvalue weighted by molar-refractivity contribution is -0.125. The Labute approximate surface area is 342 Å². The number of ether oxygens (including phenoxy) is 1. The van der Waals surface area contributed by atoms with E-state index in [1.165, 1.54) is 4.90 Å². The maximum Gasteiger partial charge on any atom is 0.297 e. The molecule has 3 aliphatic rings. The van der Waals surface area contributed by atoms with Gasteiger partial charge in [-0.2, -0.15) is 4.98 Å². The molecule has 3 fully saturated rings. The van der Waals surface area contributed by atoms with Crippen LogP contribution >= 0.6 is 0 Å². The van der Waals surface area contributed by atoms with Crippen molar-refractivity contribution in [1.82, 2.24) is 19.2 Å². The monoisotopic (exact) mass is 816 g/mol. The largest absolute Gasteiger partial charge is 0.461 e. The number of Topliss-reactive ketones (excluding diaryl/α,β-unsaturated/α-hetero) is 1. The number of benzene rings is 2. The fraction of sp³-hybridized carbons (Fsp3) is 0.568. The minimum absolute atomic E-state index is 0.0477. The molecule has 13 nitrogen and oxygen atoms in total. The molecule has 4 N–H and O–H groups in total. The maximum absolute atomic E-state index is 14.5. The van der Waals surface area contributed by atoms with E-state index < -0.39 is 44.6 Å². The van der Waals surface area contributed by atoms with Crippen molar-refractivity contribution in [2.24, 2.45) is 29.4 Å². The SMILES string of the molecule is CC(C)n1c(OC2CC(C(N)=O)CCC(C(=O)C(CCCCCC=CC3CC3C(=O)NS(=O)(=O)C3(C)CC3)Nc3ccccc3)C2)nc2c(C(=O)N(C)C)cccc21. The maximum atomic E-state index is 14.5. The summed E-state index contributed by atoms with van der Waals surface area (Å²) in [5.41, 5.74) is 8.52. The first-order chi connectivity index (χ1) is 27.6. The van der Waals surface area contributed by atoms with Gasteiger partial charge in [-0.25, -0.2) is 8.42 Å². The van der Waals surface area contributed by atoms with Crippen LogP contribution in [0.5, 0.6) is 6.01 Å². The molecule has 58 heavy (non-hydrogen) atoms. The summed E-state index contributed by atoms with van der Waals surface area (Å²) in [6.45, 7) is 5.71. The van der Waals surface area contributed by atoms with Crippen LogP contribution < -0.4 is 20.5 Å². The lowest BCUT2D eigenvalue weighted by Crippen LogP contribution is -2.39. The molecule has 3 saturated carbocycles. The second-order valence-corrected chi connectivity index (χ2v) is 19.5. The van der Waals surface area contributed by atoms with E-state index in [-0.39, 0.29) is 35.5 Å². The third-order valence-corrected chi connectivity index (χ3v) is 14.3. The highest BCUT2D eigenvalue weighted by Gasteiger charge is 2.52. The van der Waals surface area contributed by atoms with Crippen molar-refractivity contribution in [3.8, 4) is 6.01 Å². The molecule has 6 rings (SSSR count). The van der Waals surface area contributed by atoms with E-state index in [2.05, 4.69) is 16.1 Å². The average molecular weight is 817 g/mol. The number of allylic oxidation sites excluding steroid dienone is 2. The third kappa shape index (κ3) is 10.1. The van der Waals surface area contributed by atoms with Gasteiger partial charge in [0.25, 0.3) is 11.9 Å². The third-order valence-electron chi connectivity index (χ3n) is 12.1. The summed E-state index contributed by atoms with van der Waals surface area (Å²) in [5.74, 6) is -1.97. The van der Waals surface area contributed by atoms with E-state index in [4.69, 9.17) is 15.5 Å². The first-order valence-electron chi connectivity index (χ1n) is 20.8. The molecule has 6 unspecified atom stereocenters. The van der Waals surface area contributed by atoms with Gasteiger partial charge in [0.15, 0.2) is 5.78 Å². The average Bonchev–Trinajstić information content (AvgIpc) is 4.10. The highest BCUT2D eigenvalue weighted by Crippen LogP contribution is 2.44. The number of sulfonamides is 1. The zero-order chi connectivity index (χ0) is 41.8. The Morgan fingerprint density at radius 1 is 0.983 bits per heavy atom. The Bertz CT molecular complexity index is 2110. The van der Waals surface area contributed by atoms with E-state index in [0.29, 0.717) is 68.5 Å². The number of hydrogen-bond donors (Lipinski definition) is 3. The number of amides is 3. The number of nitrogens with one attached hydrogen (secondary N) is 2. The van der Waals surface area contributed by atoms with E-state index in [9.17, 15) is 27.6 Å². The number of rotatable bonds is 19. The minimum Gasteiger partial charge on any atom is -0.461 e. The van der Waals surface area contributed by atoms with Crippen molar-refractivity contribution in [2.45, 2.75) is 121 Å². The van der Waals surface area contributed by atoms with Gasteiger partial charge in [0.05, 0.1) is 21.9 Å². The van der Waals surface area contributed by atoms with Crippen LogP contribution in [0.25, 0.3) is 11.0 Å². The molecule has 0 spiro atoms. The quantitative estimate of drug-likeness (QED) is 0.0687. The van der Waals surface area contributed by atoms with Crippen molar-refractivity contribution in [3.05, 3.63) is 66.2 Å². The molecule has 3 aromatic rings. The van der Waals surface area contributed by atoms with Gasteiger partial charge in [0, 0.05) is 43.6 Å². The molecule has 14 heteroatoms. The number of carbonyl (C=O) groups is 4. The number of nitrogens with zero attached hydrogens (tertiary/aromatic N) is 3. The molecule has 314 valence electrons. The van der Waals surface area contributed by atoms with Crippen molar-refractivity contribution >= 4 is 50.2 Å². The number of fused-ring (bicyclic) bond motifs is 1. The van der Waals surface area contributed by atoms with E-state index >= 15 is 0 Å². The molecule has 2 aromatic carbocycles. The van der Waals surface area contributed by atoms with Gasteiger partial charge >= 0.3 is 0 Å². The lowest BCUT2D eigenvalue weighted by Gasteiger charge is -2.26. The normalized spacial score (nSPS) is 23.2. The van der Waals surface area contributed by atoms with Crippen LogP contribution in [0.1, 0.15) is 114 Å². The highest BCUT2D eigenvalue weighted by molar-refractivity contribution is 7.91. The predicted molar refractivity (Wildman–Crippen MR) is 225 cm³/mol. The number of carbonyl (C=O) groups excluding carboxylic acids is 4. The van der Waals surface area contributed by atoms with E-state index in [0.717, 1.165) is 36.9 Å². The van der Waals surface area contributed by atoms with Gasteiger partial charge in [-0.1, -0.05) is 49.3 Å². The van der Waals surface area contributed by atoms with Gasteiger partial charge in [-0.3, -0.25) is 28.5 Å². The van der Waals surface area contributed by atoms with Crippen molar-refractivity contribution < 1.29 is 32.3 Å². The second kappa shape index (κ2) is 18.0. The first-order valence-corrected chi connectivity index (χ1v) is 22.3. The van der Waals surface area contributed by atoms with E-state index in [1.54, 1.807) is 27.1 Å². The van der Waals surface area contributed by atoms with Gasteiger partial charge in [-0.05, 0) is 115 Å². The summed E-state index contributed by atoms with van der Waals surface area (Å²) < 4.78 is 35.0. The van der Waals surface area contributed by atoms with Gasteiger partial charge in [-0.15, -0.1) is 0 Å². The molecule has 0 saturated heterocycles. The molecule has 3 aliphatic carbocycles. The summed E-state index contributed by atoms with van der Waals surface area (Å²) in [7, 11) is -0.219. The zero-order valence-electron chi connectivity index (χ0n) is 34.5. The van der Waals surface area contributed by atoms with Gasteiger partial charge < -0.3 is 20.7 Å². The number of ketones is 1. The number of nitrogens with two attached hydrogens (primary N) is 1. The van der Waals surface area contributed by atoms with Crippen LogP contribution in [-0.4, -0.2) is 77.4 Å². The molecule has 1 aromatic heterocycles. The van der Waals surface area contributed by atoms with Crippen LogP contribution in [0.3, 0.4) is 0 Å². The Morgan fingerprint density at radius 3 is 2.36 bits per heavy atom. The first kappa shape index (κ1) is 42.9. The van der Waals surface area contributed by atoms with Gasteiger partial charge in [0.1, 0.15) is 11.6 Å². The standard InChI is InChI=1S/C44H60N6O7S/c1-28(2)50-37-20-14-18-34(42(54)49(4)5)38(37)47-43(50)57-33-25-30(21-22-31(26-33)40(45)52)39(51)36(46-32-16-11-9-12-17-32)19-13-8-6-7-10-15-29-27-35(29)41(53)48-58(55,56)44(3)23-24-44/h9-12,14-18,20,28-31,33,35-36,46H,6-8,13,19,21-27H2,1-5H3,(H2,45,52)(H,48,53). The summed E-state index contributed by atoms with van der Waals surface area (Å²) >= 11 is 0. The van der Waals surface area contributed by atoms with Crippen LogP contribution in [0.15, 0.2) is 60.7 Å². The van der Waals surface area contributed by atoms with Crippen molar-refractivity contribution in [3.63, 3.8) is 0 Å². The fourth-order valence-electron chi connectivity index (χ4n) is 8.09. The smallest absolute Gasteiger partial charge is 0.297 e. The van der Waals surface area contributed by atoms with Crippen LogP contribution in [0.4, 0.5) is 5.69 Å². The van der Waals surface area contributed by atoms with E-state index in [1.807, 2.05) is 67.0 Å². The van der Waals surface area contributed by atoms with Crippen LogP contribution in [-0.2, 0) is 24.4 Å². The molecule has 0 bridgehead atoms. The summed E-state index contributed by atoms with van der Waals surface area (Å²) in [4.78, 5) is 59.1. The molecular formula is C44H60N6O7S. The highest BCUT2D eigenvalue weighted by atomic mass is 32.2. The summed E-state index contributed by atoms with van der Waals surface area (Å²) in [6.07, 6.45) is 11.3. The van der Waals surface area contributed by atoms with Crippen molar-refractivity contribution in [1.29, 1.82) is 0 Å². The molecule has 0 aliphatic heterocycles. The number of unbranched alkanes of at least 4 members (excludes halogenated alkanes) is 3. The Balaban J connectivity index is 1.09. The number of primary amides is 1. The van der Waals surface area contributed by atoms with Crippen LogP contribution in [0.2, 0.25) is 0 Å². The van der Waals surface area contributed by atoms with Gasteiger partial charge in [0.2, 0.25) is 21.8 Å². The topological polar surface area (TPSA) is 183 Å². The Kier molecular flexibility index (Phi) is 13.3. The number of hydrogen-bond acceptors (Lipinski definition) is 9. The number of imidazole rings is 1. The minimum atomic E-state index is -3.62. The molecule has 1 heterocycles. The summed E-state index contributed by atoms with van der Waals surface area (Å²) in [6, 6.07) is 15.1. The number of aromatic nitrogens is 2. The fourth-order valence-corrected chi connectivity index (χ4v) is 9.39. The molecule has 0 radical (unpaired) electrons. The predicted octanol–water partition coefficient (Wildman–Crippen LogP) is 6.55. The van der Waals surface area contributed by atoms with Crippen LogP contribution in [0, 0.1) is 23.7 Å². The number of para-hydroxylation sites is 2. The molecular weight excluding hydrogens is 757 g/mol. The lowest BCUT2D eigenvalue weighted by atomic mass is 9.88. The Hall–Kier alpha value is -4.72. The zero-order valence-corrected chi connectivity index (χ0v) is 35.3. The second-order valence-electron chi connectivity index (χ2n) is 17.3. The number of anilines is 1. The molecule has 3 amide bonds. The Morgan fingerprint density at radius 2 is 1.69 bits per heavy atom. The summed E-state index contributed by atoms with van der Waals surface area (Å²) in [5, 5.41) is 3.50. The van der Waals surface area contributed by atoms with Crippen molar-refractivity contribution in [2.75, 3.05) is 19.4 Å².